The molecule has 0 saturated carbocycles. The summed E-state index contributed by atoms with van der Waals surface area (Å²) in [6.45, 7) is 7.99. The van der Waals surface area contributed by atoms with Gasteiger partial charge in [-0.05, 0) is 59.5 Å². The van der Waals surface area contributed by atoms with Gasteiger partial charge in [0.05, 0.1) is 5.69 Å². The smallest absolute Gasteiger partial charge is 0.310 e. The van der Waals surface area contributed by atoms with Gasteiger partial charge in [-0.15, -0.1) is 0 Å². The molecule has 7 heteroatoms. The summed E-state index contributed by atoms with van der Waals surface area (Å²) in [6, 6.07) is 6.77. The van der Waals surface area contributed by atoms with Crippen LogP contribution in [0, 0.1) is 6.92 Å². The first-order valence-corrected chi connectivity index (χ1v) is 8.42. The predicted molar refractivity (Wildman–Crippen MR) is 92.7 cm³/mol. The molecule has 0 aliphatic rings. The molecular weight excluding hydrogens is 383 g/mol. The van der Waals surface area contributed by atoms with Crippen LogP contribution in [0.15, 0.2) is 28.7 Å². The van der Waals surface area contributed by atoms with Crippen molar-refractivity contribution in [1.82, 2.24) is 9.97 Å². The predicted octanol–water partition coefficient (Wildman–Crippen LogP) is 5.85. The van der Waals surface area contributed by atoms with Crippen LogP contribution in [0.25, 0.3) is 0 Å². The van der Waals surface area contributed by atoms with Gasteiger partial charge >= 0.3 is 6.18 Å². The molecule has 24 heavy (non-hydrogen) atoms. The number of alkyl halides is 3. The van der Waals surface area contributed by atoms with Crippen LogP contribution in [0.2, 0.25) is 0 Å². The average Bonchev–Trinajstić information content (AvgIpc) is 2.48. The van der Waals surface area contributed by atoms with Crippen LogP contribution in [0.4, 0.5) is 24.8 Å². The Hall–Kier alpha value is -1.63. The SMILES string of the molecule is CCN(c1nc(C)cc(C(F)(F)F)n1)c1ccc(C(C)C)cc1Br. The standard InChI is InChI=1S/C17H19BrF3N3/c1-5-24(14-7-6-12(10(2)3)9-13(14)18)16-22-11(4)8-15(23-16)17(19,20)21/h6-10H,5H2,1-4H3. The zero-order valence-corrected chi connectivity index (χ0v) is 15.5. The van der Waals surface area contributed by atoms with Crippen LogP contribution < -0.4 is 4.90 Å². The van der Waals surface area contributed by atoms with Crippen molar-refractivity contribution in [3.8, 4) is 0 Å². The lowest BCUT2D eigenvalue weighted by molar-refractivity contribution is -0.141. The van der Waals surface area contributed by atoms with Crippen LogP contribution in [-0.4, -0.2) is 16.5 Å². The Kier molecular flexibility index (Phi) is 5.52. The topological polar surface area (TPSA) is 29.0 Å². The number of rotatable bonds is 4. The first-order chi connectivity index (χ1) is 11.1. The molecule has 0 unspecified atom stereocenters. The van der Waals surface area contributed by atoms with Gasteiger partial charge in [-0.2, -0.15) is 13.2 Å². The third-order valence-electron chi connectivity index (χ3n) is 3.62. The van der Waals surface area contributed by atoms with Crippen molar-refractivity contribution in [3.63, 3.8) is 0 Å². The van der Waals surface area contributed by atoms with Gasteiger partial charge in [0, 0.05) is 16.7 Å². The van der Waals surface area contributed by atoms with Gasteiger partial charge in [-0.1, -0.05) is 19.9 Å². The molecule has 1 heterocycles. The van der Waals surface area contributed by atoms with Gasteiger partial charge < -0.3 is 4.90 Å². The fraction of sp³-hybridized carbons (Fsp3) is 0.412. The quantitative estimate of drug-likeness (QED) is 0.643. The second-order valence-electron chi connectivity index (χ2n) is 5.80. The first kappa shape index (κ1) is 18.7. The van der Waals surface area contributed by atoms with E-state index in [2.05, 4.69) is 39.7 Å². The molecule has 130 valence electrons. The number of halogens is 4. The molecular formula is C17H19BrF3N3. The fourth-order valence-corrected chi connectivity index (χ4v) is 2.95. The highest BCUT2D eigenvalue weighted by molar-refractivity contribution is 9.10. The molecule has 0 atom stereocenters. The van der Waals surface area contributed by atoms with E-state index in [1.807, 2.05) is 25.1 Å². The molecule has 0 aliphatic heterocycles. The third kappa shape index (κ3) is 4.06. The van der Waals surface area contributed by atoms with Crippen LogP contribution in [0.3, 0.4) is 0 Å². The molecule has 0 bridgehead atoms. The summed E-state index contributed by atoms with van der Waals surface area (Å²) < 4.78 is 39.9. The van der Waals surface area contributed by atoms with E-state index in [1.54, 1.807) is 4.90 Å². The molecule has 1 aromatic carbocycles. The highest BCUT2D eigenvalue weighted by Crippen LogP contribution is 2.35. The van der Waals surface area contributed by atoms with Crippen molar-refractivity contribution in [1.29, 1.82) is 0 Å². The molecule has 0 N–H and O–H groups in total. The average molecular weight is 402 g/mol. The van der Waals surface area contributed by atoms with E-state index in [-0.39, 0.29) is 11.6 Å². The van der Waals surface area contributed by atoms with E-state index < -0.39 is 11.9 Å². The van der Waals surface area contributed by atoms with E-state index >= 15 is 0 Å². The fourth-order valence-electron chi connectivity index (χ4n) is 2.34. The Bertz CT molecular complexity index is 730. The summed E-state index contributed by atoms with van der Waals surface area (Å²) in [6.07, 6.45) is -4.50. The highest BCUT2D eigenvalue weighted by atomic mass is 79.9. The molecule has 2 aromatic rings. The van der Waals surface area contributed by atoms with Crippen LogP contribution in [-0.2, 0) is 6.18 Å². The lowest BCUT2D eigenvalue weighted by Crippen LogP contribution is -2.22. The highest BCUT2D eigenvalue weighted by Gasteiger charge is 2.34. The largest absolute Gasteiger partial charge is 0.433 e. The normalized spacial score (nSPS) is 11.9. The van der Waals surface area contributed by atoms with E-state index in [9.17, 15) is 13.2 Å². The Morgan fingerprint density at radius 3 is 2.33 bits per heavy atom. The maximum atomic E-state index is 13.0. The molecule has 0 spiro atoms. The minimum Gasteiger partial charge on any atom is -0.310 e. The van der Waals surface area contributed by atoms with Gasteiger partial charge in [0.15, 0.2) is 0 Å². The lowest BCUT2D eigenvalue weighted by atomic mass is 10.0. The zero-order chi connectivity index (χ0) is 18.1. The van der Waals surface area contributed by atoms with E-state index in [1.165, 1.54) is 6.92 Å². The van der Waals surface area contributed by atoms with Crippen molar-refractivity contribution >= 4 is 27.6 Å². The van der Waals surface area contributed by atoms with Crippen molar-refractivity contribution < 1.29 is 13.2 Å². The summed E-state index contributed by atoms with van der Waals surface area (Å²) in [5.74, 6) is 0.403. The summed E-state index contributed by atoms with van der Waals surface area (Å²) in [5.41, 5.74) is 1.22. The van der Waals surface area contributed by atoms with Crippen molar-refractivity contribution in [2.24, 2.45) is 0 Å². The monoisotopic (exact) mass is 401 g/mol. The molecule has 0 saturated heterocycles. The molecule has 2 rings (SSSR count). The Morgan fingerprint density at radius 1 is 1.17 bits per heavy atom. The maximum absolute atomic E-state index is 13.0. The molecule has 0 amide bonds. The Morgan fingerprint density at radius 2 is 1.83 bits per heavy atom. The Labute approximate surface area is 148 Å². The van der Waals surface area contributed by atoms with Crippen LogP contribution in [0.1, 0.15) is 43.6 Å². The summed E-state index contributed by atoms with van der Waals surface area (Å²) in [5, 5.41) is 0. The Balaban J connectivity index is 2.51. The van der Waals surface area contributed by atoms with Crippen LogP contribution >= 0.6 is 15.9 Å². The molecule has 1 aromatic heterocycles. The number of hydrogen-bond acceptors (Lipinski definition) is 3. The minimum atomic E-state index is -4.50. The first-order valence-electron chi connectivity index (χ1n) is 7.63. The number of hydrogen-bond donors (Lipinski definition) is 0. The summed E-state index contributed by atoms with van der Waals surface area (Å²) in [4.78, 5) is 9.57. The van der Waals surface area contributed by atoms with E-state index in [0.717, 1.165) is 21.8 Å². The third-order valence-corrected chi connectivity index (χ3v) is 4.25. The molecule has 3 nitrogen and oxygen atoms in total. The number of aryl methyl sites for hydroxylation is 1. The molecule has 0 radical (unpaired) electrons. The van der Waals surface area contributed by atoms with E-state index in [4.69, 9.17) is 0 Å². The van der Waals surface area contributed by atoms with Gasteiger partial charge in [0.1, 0.15) is 5.69 Å². The number of nitrogens with zero attached hydrogens (tertiary/aromatic N) is 3. The number of benzene rings is 1. The van der Waals surface area contributed by atoms with Gasteiger partial charge in [0.25, 0.3) is 0 Å². The minimum absolute atomic E-state index is 0.0443. The second kappa shape index (κ2) is 7.09. The van der Waals surface area contributed by atoms with Gasteiger partial charge in [-0.3, -0.25) is 0 Å². The number of anilines is 2. The maximum Gasteiger partial charge on any atom is 0.433 e. The molecule has 0 fully saturated rings. The molecule has 0 aliphatic carbocycles. The van der Waals surface area contributed by atoms with Crippen molar-refractivity contribution in [2.75, 3.05) is 11.4 Å². The summed E-state index contributed by atoms with van der Waals surface area (Å²) >= 11 is 3.51. The second-order valence-corrected chi connectivity index (χ2v) is 6.66. The zero-order valence-electron chi connectivity index (χ0n) is 13.9. The van der Waals surface area contributed by atoms with Crippen molar-refractivity contribution in [2.45, 2.75) is 39.8 Å². The lowest BCUT2D eigenvalue weighted by Gasteiger charge is -2.24. The summed E-state index contributed by atoms with van der Waals surface area (Å²) in [7, 11) is 0. The van der Waals surface area contributed by atoms with Gasteiger partial charge in [-0.25, -0.2) is 9.97 Å². The van der Waals surface area contributed by atoms with Crippen molar-refractivity contribution in [3.05, 3.63) is 45.7 Å². The van der Waals surface area contributed by atoms with E-state index in [0.29, 0.717) is 12.5 Å². The number of aromatic nitrogens is 2. The van der Waals surface area contributed by atoms with Crippen LogP contribution in [0.5, 0.6) is 0 Å². The van der Waals surface area contributed by atoms with Gasteiger partial charge in [0.2, 0.25) is 5.95 Å².